The fourth-order valence-corrected chi connectivity index (χ4v) is 3.88. The minimum atomic E-state index is -4.76. The second-order valence-electron chi connectivity index (χ2n) is 8.02. The molecule has 0 spiro atoms. The van der Waals surface area contributed by atoms with Gasteiger partial charge in [0, 0.05) is 43.3 Å². The summed E-state index contributed by atoms with van der Waals surface area (Å²) in [6.07, 6.45) is -4.76. The summed E-state index contributed by atoms with van der Waals surface area (Å²) in [4.78, 5) is 16.7. The van der Waals surface area contributed by atoms with Crippen molar-refractivity contribution >= 4 is 11.6 Å². The van der Waals surface area contributed by atoms with Crippen LogP contribution >= 0.6 is 11.6 Å². The first kappa shape index (κ1) is 24.3. The Kier molecular flexibility index (Phi) is 7.55. The zero-order valence-corrected chi connectivity index (χ0v) is 19.1. The second kappa shape index (κ2) is 10.6. The van der Waals surface area contributed by atoms with Gasteiger partial charge < -0.3 is 4.74 Å². The highest BCUT2D eigenvalue weighted by molar-refractivity contribution is 6.30. The van der Waals surface area contributed by atoms with Gasteiger partial charge in [0.1, 0.15) is 17.9 Å². The number of aromatic nitrogens is 2. The number of hydrogen-bond donors (Lipinski definition) is 0. The van der Waals surface area contributed by atoms with Crippen LogP contribution in [-0.4, -0.2) is 58.9 Å². The largest absolute Gasteiger partial charge is 0.492 e. The molecular weight excluding hydrogens is 469 g/mol. The summed E-state index contributed by atoms with van der Waals surface area (Å²) in [6, 6.07) is 16.5. The van der Waals surface area contributed by atoms with Crippen molar-refractivity contribution in [1.29, 1.82) is 0 Å². The highest BCUT2D eigenvalue weighted by Gasteiger charge is 2.36. The smallest absolute Gasteiger partial charge is 0.421 e. The summed E-state index contributed by atoms with van der Waals surface area (Å²) in [6.45, 7) is 3.86. The van der Waals surface area contributed by atoms with E-state index in [-0.39, 0.29) is 12.4 Å². The minimum absolute atomic E-state index is 0.00228. The van der Waals surface area contributed by atoms with Gasteiger partial charge in [-0.3, -0.25) is 14.6 Å². The number of alkyl halides is 3. The molecule has 1 fully saturated rings. The summed E-state index contributed by atoms with van der Waals surface area (Å²) in [5.41, 5.74) is -1.71. The van der Waals surface area contributed by atoms with Crippen molar-refractivity contribution in [2.75, 3.05) is 39.3 Å². The first-order valence-corrected chi connectivity index (χ1v) is 11.3. The molecule has 1 saturated heterocycles. The molecule has 0 saturated carbocycles. The van der Waals surface area contributed by atoms with Crippen molar-refractivity contribution in [3.8, 4) is 17.0 Å². The molecule has 34 heavy (non-hydrogen) atoms. The fourth-order valence-electron chi connectivity index (χ4n) is 3.76. The molecule has 1 aromatic heterocycles. The molecule has 0 unspecified atom stereocenters. The monoisotopic (exact) mass is 492 g/mol. The van der Waals surface area contributed by atoms with E-state index in [1.54, 1.807) is 42.5 Å². The van der Waals surface area contributed by atoms with Gasteiger partial charge in [0.15, 0.2) is 0 Å². The Balaban J connectivity index is 1.38. The van der Waals surface area contributed by atoms with Gasteiger partial charge in [-0.1, -0.05) is 41.9 Å². The van der Waals surface area contributed by atoms with Gasteiger partial charge in [-0.15, -0.1) is 0 Å². The fraction of sp³-hybridized carbons (Fsp3) is 0.333. The maximum Gasteiger partial charge on any atom is 0.421 e. The SMILES string of the molecule is O=c1c(C(F)(F)F)cc(-c2ccccc2)nn1CN1CCN(CCOc2ccc(Cl)cc2)CC1. The molecule has 180 valence electrons. The van der Waals surface area contributed by atoms with Gasteiger partial charge in [0.25, 0.3) is 5.56 Å². The van der Waals surface area contributed by atoms with Crippen LogP contribution in [0.3, 0.4) is 0 Å². The maximum absolute atomic E-state index is 13.5. The van der Waals surface area contributed by atoms with Crippen LogP contribution in [0, 0.1) is 0 Å². The second-order valence-corrected chi connectivity index (χ2v) is 8.45. The molecule has 2 heterocycles. The summed E-state index contributed by atoms with van der Waals surface area (Å²) < 4.78 is 47.3. The predicted octanol–water partition coefficient (Wildman–Crippen LogP) is 4.24. The van der Waals surface area contributed by atoms with Crippen LogP contribution in [0.5, 0.6) is 5.75 Å². The van der Waals surface area contributed by atoms with Crippen molar-refractivity contribution in [3.05, 3.63) is 81.6 Å². The Bertz CT molecular complexity index is 1150. The van der Waals surface area contributed by atoms with Crippen molar-refractivity contribution in [2.24, 2.45) is 0 Å². The van der Waals surface area contributed by atoms with E-state index < -0.39 is 17.3 Å². The van der Waals surface area contributed by atoms with Crippen molar-refractivity contribution < 1.29 is 17.9 Å². The van der Waals surface area contributed by atoms with Gasteiger partial charge in [-0.25, -0.2) is 4.68 Å². The minimum Gasteiger partial charge on any atom is -0.492 e. The molecule has 0 N–H and O–H groups in total. The van der Waals surface area contributed by atoms with Crippen LogP contribution in [0.2, 0.25) is 5.02 Å². The lowest BCUT2D eigenvalue weighted by atomic mass is 10.1. The van der Waals surface area contributed by atoms with Gasteiger partial charge in [-0.05, 0) is 30.3 Å². The number of nitrogens with zero attached hydrogens (tertiary/aromatic N) is 4. The molecular formula is C24H24ClF3N4O2. The third kappa shape index (κ3) is 6.16. The van der Waals surface area contributed by atoms with Gasteiger partial charge in [0.2, 0.25) is 0 Å². The lowest BCUT2D eigenvalue weighted by Crippen LogP contribution is -2.49. The molecule has 1 aliphatic heterocycles. The summed E-state index contributed by atoms with van der Waals surface area (Å²) in [7, 11) is 0. The zero-order valence-electron chi connectivity index (χ0n) is 18.3. The van der Waals surface area contributed by atoms with Crippen LogP contribution in [0.4, 0.5) is 13.2 Å². The van der Waals surface area contributed by atoms with Crippen LogP contribution in [0.15, 0.2) is 65.5 Å². The van der Waals surface area contributed by atoms with Gasteiger partial charge in [-0.2, -0.15) is 18.3 Å². The Morgan fingerprint density at radius 1 is 0.941 bits per heavy atom. The number of halogens is 4. The van der Waals surface area contributed by atoms with Gasteiger partial charge >= 0.3 is 6.18 Å². The van der Waals surface area contributed by atoms with E-state index in [0.29, 0.717) is 43.4 Å². The Morgan fingerprint density at radius 3 is 2.24 bits per heavy atom. The quantitative estimate of drug-likeness (QED) is 0.494. The third-order valence-electron chi connectivity index (χ3n) is 5.64. The Hall–Kier alpha value is -2.88. The molecule has 1 aliphatic rings. The maximum atomic E-state index is 13.5. The van der Waals surface area contributed by atoms with Crippen molar-refractivity contribution in [1.82, 2.24) is 19.6 Å². The van der Waals surface area contributed by atoms with E-state index in [0.717, 1.165) is 23.0 Å². The molecule has 0 radical (unpaired) electrons. The Morgan fingerprint density at radius 2 is 1.59 bits per heavy atom. The average Bonchev–Trinajstić information content (AvgIpc) is 2.82. The highest BCUT2D eigenvalue weighted by atomic mass is 35.5. The van der Waals surface area contributed by atoms with E-state index in [2.05, 4.69) is 10.00 Å². The first-order valence-electron chi connectivity index (χ1n) is 10.9. The lowest BCUT2D eigenvalue weighted by Gasteiger charge is -2.34. The number of hydrogen-bond acceptors (Lipinski definition) is 5. The molecule has 6 nitrogen and oxygen atoms in total. The number of benzene rings is 2. The molecule has 2 aromatic carbocycles. The molecule has 0 bridgehead atoms. The van der Waals surface area contributed by atoms with E-state index in [1.807, 2.05) is 17.0 Å². The topological polar surface area (TPSA) is 50.6 Å². The predicted molar refractivity (Wildman–Crippen MR) is 124 cm³/mol. The molecule has 4 rings (SSSR count). The number of ether oxygens (including phenoxy) is 1. The van der Waals surface area contributed by atoms with E-state index in [1.165, 1.54) is 0 Å². The number of piperazine rings is 1. The first-order chi connectivity index (χ1) is 16.3. The summed E-state index contributed by atoms with van der Waals surface area (Å²) in [5.74, 6) is 0.743. The third-order valence-corrected chi connectivity index (χ3v) is 5.89. The number of rotatable bonds is 7. The normalized spacial score (nSPS) is 15.4. The van der Waals surface area contributed by atoms with Crippen LogP contribution in [-0.2, 0) is 12.8 Å². The van der Waals surface area contributed by atoms with Crippen LogP contribution in [0.25, 0.3) is 11.3 Å². The van der Waals surface area contributed by atoms with Crippen LogP contribution < -0.4 is 10.3 Å². The highest BCUT2D eigenvalue weighted by Crippen LogP contribution is 2.29. The van der Waals surface area contributed by atoms with E-state index in [4.69, 9.17) is 16.3 Å². The molecule has 0 atom stereocenters. The summed E-state index contributed by atoms with van der Waals surface area (Å²) >= 11 is 5.87. The Labute approximate surface area is 200 Å². The average molecular weight is 493 g/mol. The molecule has 0 amide bonds. The lowest BCUT2D eigenvalue weighted by molar-refractivity contribution is -0.139. The molecule has 10 heteroatoms. The van der Waals surface area contributed by atoms with Crippen LogP contribution in [0.1, 0.15) is 5.56 Å². The molecule has 0 aliphatic carbocycles. The van der Waals surface area contributed by atoms with Crippen molar-refractivity contribution in [2.45, 2.75) is 12.8 Å². The van der Waals surface area contributed by atoms with Gasteiger partial charge in [0.05, 0.1) is 12.4 Å². The standard InChI is InChI=1S/C24H24ClF3N4O2/c25-19-6-8-20(9-7-19)34-15-14-30-10-12-31(13-11-30)17-32-23(33)21(24(26,27)28)16-22(29-32)18-4-2-1-3-5-18/h1-9,16H,10-15,17H2. The van der Waals surface area contributed by atoms with Crippen molar-refractivity contribution in [3.63, 3.8) is 0 Å². The molecule has 3 aromatic rings. The zero-order chi connectivity index (χ0) is 24.1. The summed E-state index contributed by atoms with van der Waals surface area (Å²) in [5, 5.41) is 4.89. The van der Waals surface area contributed by atoms with E-state index in [9.17, 15) is 18.0 Å². The van der Waals surface area contributed by atoms with E-state index >= 15 is 0 Å².